The molecule has 1 aromatic carbocycles. The molecule has 3 aromatic rings. The molecular weight excluding hydrogens is 376 g/mol. The van der Waals surface area contributed by atoms with Crippen LogP contribution in [0.3, 0.4) is 0 Å². The fourth-order valence-electron chi connectivity index (χ4n) is 3.69. The van der Waals surface area contributed by atoms with Crippen molar-refractivity contribution in [2.75, 3.05) is 13.1 Å². The van der Waals surface area contributed by atoms with Crippen LogP contribution in [0, 0.1) is 0 Å². The quantitative estimate of drug-likeness (QED) is 0.712. The highest BCUT2D eigenvalue weighted by molar-refractivity contribution is 7.89. The van der Waals surface area contributed by atoms with E-state index in [1.165, 1.54) is 6.20 Å². The molecule has 0 bridgehead atoms. The summed E-state index contributed by atoms with van der Waals surface area (Å²) in [6.45, 7) is 0.913. The van der Waals surface area contributed by atoms with E-state index in [1.807, 2.05) is 30.3 Å². The van der Waals surface area contributed by atoms with Gasteiger partial charge in [0.1, 0.15) is 10.7 Å². The molecule has 1 aliphatic carbocycles. The molecular formula is C19H22N6O2S. The van der Waals surface area contributed by atoms with Crippen molar-refractivity contribution in [2.45, 2.75) is 42.4 Å². The first-order valence-corrected chi connectivity index (χ1v) is 11.1. The summed E-state index contributed by atoms with van der Waals surface area (Å²) in [5.74, 6) is 2.21. The van der Waals surface area contributed by atoms with Gasteiger partial charge in [0, 0.05) is 24.9 Å². The molecule has 1 saturated heterocycles. The van der Waals surface area contributed by atoms with Gasteiger partial charge in [-0.05, 0) is 37.8 Å². The van der Waals surface area contributed by atoms with Crippen LogP contribution in [0.1, 0.15) is 49.2 Å². The minimum atomic E-state index is -3.60. The number of aromatic nitrogens is 5. The van der Waals surface area contributed by atoms with E-state index < -0.39 is 10.0 Å². The number of para-hydroxylation sites is 1. The van der Waals surface area contributed by atoms with Crippen LogP contribution in [0.4, 0.5) is 0 Å². The lowest BCUT2D eigenvalue weighted by atomic mass is 9.99. The molecule has 1 atom stereocenters. The molecule has 0 amide bonds. The summed E-state index contributed by atoms with van der Waals surface area (Å²) < 4.78 is 29.4. The Balaban J connectivity index is 1.36. The Kier molecular flexibility index (Phi) is 4.28. The molecule has 0 radical (unpaired) electrons. The van der Waals surface area contributed by atoms with Gasteiger partial charge in [-0.15, -0.1) is 0 Å². The van der Waals surface area contributed by atoms with E-state index in [4.69, 9.17) is 0 Å². The van der Waals surface area contributed by atoms with Gasteiger partial charge < -0.3 is 0 Å². The molecule has 1 aliphatic heterocycles. The van der Waals surface area contributed by atoms with Crippen molar-refractivity contribution in [3.05, 3.63) is 54.4 Å². The molecule has 2 aliphatic rings. The Labute approximate surface area is 163 Å². The molecule has 5 rings (SSSR count). The van der Waals surface area contributed by atoms with E-state index in [9.17, 15) is 8.42 Å². The van der Waals surface area contributed by atoms with Crippen molar-refractivity contribution in [1.29, 1.82) is 0 Å². The maximum absolute atomic E-state index is 13.2. The number of nitrogens with zero attached hydrogens (tertiary/aromatic N) is 5. The third-order valence-corrected chi connectivity index (χ3v) is 7.27. The number of benzene rings is 1. The minimum Gasteiger partial charge on any atom is -0.263 e. The predicted octanol–water partition coefficient (Wildman–Crippen LogP) is 2.44. The number of aromatic amines is 1. The zero-order chi connectivity index (χ0) is 19.1. The van der Waals surface area contributed by atoms with E-state index >= 15 is 0 Å². The van der Waals surface area contributed by atoms with Crippen molar-refractivity contribution in [3.8, 4) is 5.69 Å². The molecule has 9 heteroatoms. The molecule has 0 spiro atoms. The van der Waals surface area contributed by atoms with Crippen molar-refractivity contribution in [2.24, 2.45) is 0 Å². The number of hydrogen-bond donors (Lipinski definition) is 1. The Hall–Kier alpha value is -2.52. The van der Waals surface area contributed by atoms with Crippen LogP contribution in [0.2, 0.25) is 0 Å². The topological polar surface area (TPSA) is 96.8 Å². The van der Waals surface area contributed by atoms with Crippen LogP contribution in [-0.2, 0) is 10.0 Å². The van der Waals surface area contributed by atoms with Gasteiger partial charge in [-0.3, -0.25) is 5.10 Å². The summed E-state index contributed by atoms with van der Waals surface area (Å²) in [7, 11) is -3.60. The summed E-state index contributed by atoms with van der Waals surface area (Å²) in [4.78, 5) is 4.84. The first-order valence-electron chi connectivity index (χ1n) is 9.64. The Morgan fingerprint density at radius 2 is 1.89 bits per heavy atom. The van der Waals surface area contributed by atoms with Crippen molar-refractivity contribution in [1.82, 2.24) is 29.3 Å². The molecule has 2 aromatic heterocycles. The Morgan fingerprint density at radius 1 is 1.07 bits per heavy atom. The predicted molar refractivity (Wildman–Crippen MR) is 103 cm³/mol. The van der Waals surface area contributed by atoms with Crippen LogP contribution in [0.15, 0.2) is 47.6 Å². The first-order chi connectivity index (χ1) is 13.6. The third-order valence-electron chi connectivity index (χ3n) is 5.45. The smallest absolute Gasteiger partial charge is 0.246 e. The molecule has 1 unspecified atom stereocenters. The number of rotatable bonds is 5. The van der Waals surface area contributed by atoms with E-state index in [1.54, 1.807) is 15.2 Å². The lowest BCUT2D eigenvalue weighted by Gasteiger charge is -2.30. The maximum atomic E-state index is 13.2. The van der Waals surface area contributed by atoms with Crippen molar-refractivity contribution < 1.29 is 8.42 Å². The van der Waals surface area contributed by atoms with Gasteiger partial charge in [0.05, 0.1) is 18.1 Å². The van der Waals surface area contributed by atoms with Crippen LogP contribution >= 0.6 is 0 Å². The lowest BCUT2D eigenvalue weighted by Crippen LogP contribution is -2.39. The van der Waals surface area contributed by atoms with E-state index in [-0.39, 0.29) is 10.8 Å². The van der Waals surface area contributed by atoms with E-state index in [2.05, 4.69) is 20.3 Å². The van der Waals surface area contributed by atoms with Gasteiger partial charge in [-0.25, -0.2) is 18.1 Å². The van der Waals surface area contributed by atoms with E-state index in [0.717, 1.165) is 43.0 Å². The second kappa shape index (κ2) is 6.82. The maximum Gasteiger partial charge on any atom is 0.246 e. The summed E-state index contributed by atoms with van der Waals surface area (Å²) in [6, 6.07) is 9.48. The zero-order valence-corrected chi connectivity index (χ0v) is 16.2. The molecule has 28 heavy (non-hydrogen) atoms. The van der Waals surface area contributed by atoms with Gasteiger partial charge in [-0.1, -0.05) is 18.2 Å². The van der Waals surface area contributed by atoms with Crippen LogP contribution < -0.4 is 0 Å². The van der Waals surface area contributed by atoms with Crippen LogP contribution in [0.5, 0.6) is 0 Å². The van der Waals surface area contributed by atoms with Gasteiger partial charge in [-0.2, -0.15) is 14.5 Å². The molecule has 2 fully saturated rings. The van der Waals surface area contributed by atoms with Gasteiger partial charge in [0.15, 0.2) is 5.82 Å². The summed E-state index contributed by atoms with van der Waals surface area (Å²) in [5, 5.41) is 11.6. The molecule has 8 nitrogen and oxygen atoms in total. The fourth-order valence-corrected chi connectivity index (χ4v) is 5.15. The molecule has 1 saturated carbocycles. The first kappa shape index (κ1) is 17.6. The standard InChI is InChI=1S/C19H22N6O2S/c26-28(27,17-11-20-25(13-17)16-6-2-1-3-7-16)24-10-4-5-15(12-24)19-21-18(22-23-19)14-8-9-14/h1-3,6-7,11,13-15H,4-5,8-10,12H2,(H,21,22,23). The summed E-state index contributed by atoms with van der Waals surface area (Å²) in [5.41, 5.74) is 0.828. The number of sulfonamides is 1. The summed E-state index contributed by atoms with van der Waals surface area (Å²) in [6.07, 6.45) is 7.01. The normalized spacial score (nSPS) is 21.1. The van der Waals surface area contributed by atoms with Gasteiger partial charge in [0.2, 0.25) is 10.0 Å². The molecule has 3 heterocycles. The SMILES string of the molecule is O=S(=O)(c1cnn(-c2ccccc2)c1)N1CCCC(c2n[nH]c(C3CC3)n2)C1. The third kappa shape index (κ3) is 3.24. The monoisotopic (exact) mass is 398 g/mol. The largest absolute Gasteiger partial charge is 0.263 e. The van der Waals surface area contributed by atoms with E-state index in [0.29, 0.717) is 19.0 Å². The van der Waals surface area contributed by atoms with Gasteiger partial charge in [0.25, 0.3) is 0 Å². The summed E-state index contributed by atoms with van der Waals surface area (Å²) >= 11 is 0. The van der Waals surface area contributed by atoms with Crippen LogP contribution in [0.25, 0.3) is 5.69 Å². The second-order valence-electron chi connectivity index (χ2n) is 7.51. The number of piperidine rings is 1. The number of H-pyrrole nitrogens is 1. The van der Waals surface area contributed by atoms with Crippen LogP contribution in [-0.4, -0.2) is 50.8 Å². The Morgan fingerprint density at radius 3 is 2.68 bits per heavy atom. The highest BCUT2D eigenvalue weighted by atomic mass is 32.2. The van der Waals surface area contributed by atoms with Gasteiger partial charge >= 0.3 is 0 Å². The fraction of sp³-hybridized carbons (Fsp3) is 0.421. The lowest BCUT2D eigenvalue weighted by molar-refractivity contribution is 0.309. The second-order valence-corrected chi connectivity index (χ2v) is 9.45. The molecule has 146 valence electrons. The highest BCUT2D eigenvalue weighted by Gasteiger charge is 2.34. The average Bonchev–Trinajstić information content (AvgIpc) is 3.25. The number of hydrogen-bond acceptors (Lipinski definition) is 5. The molecule has 1 N–H and O–H groups in total. The number of nitrogens with one attached hydrogen (secondary N) is 1. The zero-order valence-electron chi connectivity index (χ0n) is 15.4. The average molecular weight is 398 g/mol. The van der Waals surface area contributed by atoms with Crippen molar-refractivity contribution >= 4 is 10.0 Å². The minimum absolute atomic E-state index is 0.0245. The van der Waals surface area contributed by atoms with Crippen molar-refractivity contribution in [3.63, 3.8) is 0 Å². The Bertz CT molecular complexity index is 1070. The highest BCUT2D eigenvalue weighted by Crippen LogP contribution is 2.38.